The second kappa shape index (κ2) is 5.15. The summed E-state index contributed by atoms with van der Waals surface area (Å²) >= 11 is 0. The monoisotopic (exact) mass is 287 g/mol. The lowest BCUT2D eigenvalue weighted by molar-refractivity contribution is -0.115. The summed E-state index contributed by atoms with van der Waals surface area (Å²) in [7, 11) is 2.10. The van der Waals surface area contributed by atoms with E-state index in [-0.39, 0.29) is 11.8 Å². The van der Waals surface area contributed by atoms with Gasteiger partial charge in [-0.15, -0.1) is 0 Å². The van der Waals surface area contributed by atoms with Gasteiger partial charge in [0.2, 0.25) is 5.91 Å². The Morgan fingerprint density at radius 1 is 1.24 bits per heavy atom. The fraction of sp³-hybridized carbons (Fsp3) is 0.500. The molecule has 0 radical (unpaired) electrons. The summed E-state index contributed by atoms with van der Waals surface area (Å²) in [6.45, 7) is 5.77. The normalized spacial score (nSPS) is 25.7. The van der Waals surface area contributed by atoms with Gasteiger partial charge in [0.15, 0.2) is 0 Å². The number of nitrogens with one attached hydrogen (secondary N) is 1. The lowest BCUT2D eigenvalue weighted by Crippen LogP contribution is -2.56. The molecule has 21 heavy (non-hydrogen) atoms. The molecule has 0 aliphatic carbocycles. The summed E-state index contributed by atoms with van der Waals surface area (Å²) in [5.74, 6) is 0.0559. The molecule has 0 aromatic heterocycles. The molecule has 2 unspecified atom stereocenters. The Labute approximate surface area is 124 Å². The molecule has 1 saturated heterocycles. The predicted octanol–water partition coefficient (Wildman–Crippen LogP) is 1.35. The van der Waals surface area contributed by atoms with Crippen molar-refractivity contribution in [1.29, 1.82) is 0 Å². The Morgan fingerprint density at radius 3 is 2.57 bits per heavy atom. The highest BCUT2D eigenvalue weighted by Gasteiger charge is 2.30. The topological polar surface area (TPSA) is 52.7 Å². The van der Waals surface area contributed by atoms with E-state index in [1.165, 1.54) is 0 Å². The van der Waals surface area contributed by atoms with Gasteiger partial charge < -0.3 is 10.2 Å². The highest BCUT2D eigenvalue weighted by molar-refractivity contribution is 6.01. The van der Waals surface area contributed by atoms with Gasteiger partial charge in [-0.05, 0) is 44.7 Å². The molecule has 1 fully saturated rings. The zero-order valence-electron chi connectivity index (χ0n) is 12.7. The van der Waals surface area contributed by atoms with Crippen LogP contribution < -0.4 is 5.32 Å². The summed E-state index contributed by atoms with van der Waals surface area (Å²) in [6.07, 6.45) is 0.367. The smallest absolute Gasteiger partial charge is 0.253 e. The van der Waals surface area contributed by atoms with E-state index in [0.29, 0.717) is 24.1 Å². The first-order valence-corrected chi connectivity index (χ1v) is 7.39. The predicted molar refractivity (Wildman–Crippen MR) is 81.4 cm³/mol. The molecule has 112 valence electrons. The molecule has 5 heteroatoms. The molecule has 0 saturated carbocycles. The molecule has 1 aromatic carbocycles. The molecule has 2 atom stereocenters. The minimum atomic E-state index is -0.00330. The minimum Gasteiger partial charge on any atom is -0.336 e. The first-order valence-electron chi connectivity index (χ1n) is 7.39. The van der Waals surface area contributed by atoms with Gasteiger partial charge in [-0.1, -0.05) is 0 Å². The standard InChI is InChI=1S/C16H21N3O2/c1-10-8-19(9-11(2)18(10)3)16(21)12-4-5-14-13(6-12)7-15(20)17-14/h4-6,10-11H,7-9H2,1-3H3,(H,17,20). The van der Waals surface area contributed by atoms with Crippen LogP contribution in [0, 0.1) is 0 Å². The van der Waals surface area contributed by atoms with E-state index in [4.69, 9.17) is 0 Å². The third-order valence-electron chi connectivity index (χ3n) is 4.62. The maximum absolute atomic E-state index is 12.7. The SMILES string of the molecule is CC1CN(C(=O)c2ccc3c(c2)CC(=O)N3)CC(C)N1C. The van der Waals surface area contributed by atoms with Crippen molar-refractivity contribution in [2.45, 2.75) is 32.4 Å². The number of hydrogen-bond acceptors (Lipinski definition) is 3. The number of likely N-dealkylation sites (N-methyl/N-ethyl adjacent to an activating group) is 1. The van der Waals surface area contributed by atoms with Crippen molar-refractivity contribution in [2.75, 3.05) is 25.5 Å². The summed E-state index contributed by atoms with van der Waals surface area (Å²) in [4.78, 5) is 28.3. The van der Waals surface area contributed by atoms with E-state index < -0.39 is 0 Å². The van der Waals surface area contributed by atoms with Crippen molar-refractivity contribution in [3.8, 4) is 0 Å². The number of carbonyl (C=O) groups excluding carboxylic acids is 2. The molecule has 5 nitrogen and oxygen atoms in total. The number of fused-ring (bicyclic) bond motifs is 1. The molecule has 1 aromatic rings. The average molecular weight is 287 g/mol. The summed E-state index contributed by atoms with van der Waals surface area (Å²) in [5.41, 5.74) is 2.42. The summed E-state index contributed by atoms with van der Waals surface area (Å²) in [6, 6.07) is 6.20. The Morgan fingerprint density at radius 2 is 1.90 bits per heavy atom. The van der Waals surface area contributed by atoms with Crippen LogP contribution in [0.2, 0.25) is 0 Å². The zero-order valence-corrected chi connectivity index (χ0v) is 12.7. The molecule has 2 aliphatic heterocycles. The maximum atomic E-state index is 12.7. The maximum Gasteiger partial charge on any atom is 0.253 e. The molecular formula is C16H21N3O2. The summed E-state index contributed by atoms with van der Waals surface area (Å²) in [5, 5.41) is 2.79. The Bertz CT molecular complexity index is 587. The fourth-order valence-electron chi connectivity index (χ4n) is 3.12. The van der Waals surface area contributed by atoms with E-state index in [2.05, 4.69) is 31.1 Å². The van der Waals surface area contributed by atoms with E-state index in [0.717, 1.165) is 24.3 Å². The first-order chi connectivity index (χ1) is 9.95. The summed E-state index contributed by atoms with van der Waals surface area (Å²) < 4.78 is 0. The number of hydrogen-bond donors (Lipinski definition) is 1. The molecule has 0 bridgehead atoms. The van der Waals surface area contributed by atoms with Crippen LogP contribution in [-0.2, 0) is 11.2 Å². The van der Waals surface area contributed by atoms with Gasteiger partial charge in [-0.2, -0.15) is 0 Å². The van der Waals surface area contributed by atoms with Crippen LogP contribution in [0.4, 0.5) is 5.69 Å². The van der Waals surface area contributed by atoms with Gasteiger partial charge in [0.25, 0.3) is 5.91 Å². The van der Waals surface area contributed by atoms with Crippen LogP contribution in [-0.4, -0.2) is 53.8 Å². The van der Waals surface area contributed by atoms with Gasteiger partial charge in [0.05, 0.1) is 6.42 Å². The van der Waals surface area contributed by atoms with E-state index in [1.807, 2.05) is 17.0 Å². The molecule has 2 heterocycles. The van der Waals surface area contributed by atoms with Gasteiger partial charge in [-0.25, -0.2) is 0 Å². The van der Waals surface area contributed by atoms with Crippen LogP contribution >= 0.6 is 0 Å². The van der Waals surface area contributed by atoms with Crippen molar-refractivity contribution in [2.24, 2.45) is 0 Å². The highest BCUT2D eigenvalue weighted by Crippen LogP contribution is 2.25. The van der Waals surface area contributed by atoms with Crippen LogP contribution in [0.1, 0.15) is 29.8 Å². The van der Waals surface area contributed by atoms with E-state index in [9.17, 15) is 9.59 Å². The quantitative estimate of drug-likeness (QED) is 0.848. The average Bonchev–Trinajstić information content (AvgIpc) is 2.82. The third kappa shape index (κ3) is 2.53. The van der Waals surface area contributed by atoms with E-state index in [1.54, 1.807) is 6.07 Å². The number of piperazine rings is 1. The van der Waals surface area contributed by atoms with Crippen molar-refractivity contribution >= 4 is 17.5 Å². The van der Waals surface area contributed by atoms with Crippen LogP contribution in [0.3, 0.4) is 0 Å². The molecule has 2 aliphatic rings. The third-order valence-corrected chi connectivity index (χ3v) is 4.62. The molecular weight excluding hydrogens is 266 g/mol. The van der Waals surface area contributed by atoms with Crippen LogP contribution in [0.15, 0.2) is 18.2 Å². The number of carbonyl (C=O) groups is 2. The molecule has 2 amide bonds. The zero-order chi connectivity index (χ0) is 15.1. The second-order valence-corrected chi connectivity index (χ2v) is 6.17. The molecule has 3 rings (SSSR count). The van der Waals surface area contributed by atoms with Crippen molar-refractivity contribution < 1.29 is 9.59 Å². The number of amides is 2. The van der Waals surface area contributed by atoms with Gasteiger partial charge in [0, 0.05) is 36.4 Å². The number of anilines is 1. The van der Waals surface area contributed by atoms with Gasteiger partial charge in [0.1, 0.15) is 0 Å². The van der Waals surface area contributed by atoms with Gasteiger partial charge in [-0.3, -0.25) is 14.5 Å². The van der Waals surface area contributed by atoms with Crippen molar-refractivity contribution in [3.05, 3.63) is 29.3 Å². The first kappa shape index (κ1) is 14.1. The Kier molecular flexibility index (Phi) is 3.45. The molecule has 1 N–H and O–H groups in total. The van der Waals surface area contributed by atoms with Crippen molar-refractivity contribution in [3.63, 3.8) is 0 Å². The fourth-order valence-corrected chi connectivity index (χ4v) is 3.12. The van der Waals surface area contributed by atoms with Crippen LogP contribution in [0.5, 0.6) is 0 Å². The Hall–Kier alpha value is -1.88. The lowest BCUT2D eigenvalue weighted by Gasteiger charge is -2.42. The molecule has 0 spiro atoms. The largest absolute Gasteiger partial charge is 0.336 e. The highest BCUT2D eigenvalue weighted by atomic mass is 16.2. The number of benzene rings is 1. The number of rotatable bonds is 1. The van der Waals surface area contributed by atoms with E-state index >= 15 is 0 Å². The van der Waals surface area contributed by atoms with Gasteiger partial charge >= 0.3 is 0 Å². The number of nitrogens with zero attached hydrogens (tertiary/aromatic N) is 2. The minimum absolute atomic E-state index is 0.00330. The lowest BCUT2D eigenvalue weighted by atomic mass is 10.0. The van der Waals surface area contributed by atoms with Crippen molar-refractivity contribution in [1.82, 2.24) is 9.80 Å². The second-order valence-electron chi connectivity index (χ2n) is 6.17. The Balaban J connectivity index is 1.80. The van der Waals surface area contributed by atoms with Crippen LogP contribution in [0.25, 0.3) is 0 Å².